The number of aryl methyl sites for hydroxylation is 1. The summed E-state index contributed by atoms with van der Waals surface area (Å²) in [7, 11) is 0. The minimum Gasteiger partial charge on any atom is -0.389 e. The number of benzene rings is 2. The van der Waals surface area contributed by atoms with Crippen LogP contribution >= 0.6 is 0 Å². The second kappa shape index (κ2) is 9.54. The average molecular weight is 393 g/mol. The number of halogens is 3. The smallest absolute Gasteiger partial charge is 0.389 e. The molecule has 1 aliphatic carbocycles. The molecule has 0 aliphatic heterocycles. The monoisotopic (exact) mass is 393 g/mol. The number of aliphatic hydroxyl groups is 1. The van der Waals surface area contributed by atoms with Crippen molar-refractivity contribution < 1.29 is 23.0 Å². The second-order valence-corrected chi connectivity index (χ2v) is 7.22. The Kier molecular flexibility index (Phi) is 7.10. The molecule has 28 heavy (non-hydrogen) atoms. The van der Waals surface area contributed by atoms with Gasteiger partial charge in [0.25, 0.3) is 0 Å². The Labute approximate surface area is 163 Å². The molecule has 0 bridgehead atoms. The number of nitrogens with one attached hydrogen (secondary N) is 1. The first kappa shape index (κ1) is 20.8. The maximum Gasteiger partial charge on any atom is 0.416 e. The molecule has 0 radical (unpaired) electrons. The molecule has 2 atom stereocenters. The highest BCUT2D eigenvalue weighted by molar-refractivity contribution is 5.31. The van der Waals surface area contributed by atoms with Crippen molar-refractivity contribution in [3.05, 3.63) is 70.8 Å². The summed E-state index contributed by atoms with van der Waals surface area (Å²) in [6.07, 6.45) is -1.17. The van der Waals surface area contributed by atoms with E-state index in [1.54, 1.807) is 0 Å². The van der Waals surface area contributed by atoms with Gasteiger partial charge in [-0.3, -0.25) is 0 Å². The summed E-state index contributed by atoms with van der Waals surface area (Å²) < 4.78 is 43.6. The summed E-state index contributed by atoms with van der Waals surface area (Å²) >= 11 is 0. The zero-order chi connectivity index (χ0) is 20.0. The maximum atomic E-state index is 12.6. The molecule has 2 aromatic rings. The van der Waals surface area contributed by atoms with E-state index in [0.717, 1.165) is 37.0 Å². The van der Waals surface area contributed by atoms with Crippen LogP contribution in [-0.4, -0.2) is 30.9 Å². The zero-order valence-electron chi connectivity index (χ0n) is 15.7. The highest BCUT2D eigenvalue weighted by Gasteiger charge is 2.29. The van der Waals surface area contributed by atoms with Crippen molar-refractivity contribution in [1.82, 2.24) is 5.32 Å². The predicted molar refractivity (Wildman–Crippen MR) is 102 cm³/mol. The molecule has 0 saturated heterocycles. The fourth-order valence-corrected chi connectivity index (χ4v) is 3.53. The van der Waals surface area contributed by atoms with Gasteiger partial charge in [-0.05, 0) is 61.1 Å². The molecule has 6 heteroatoms. The fourth-order valence-electron chi connectivity index (χ4n) is 3.53. The van der Waals surface area contributed by atoms with Crippen LogP contribution in [0.15, 0.2) is 48.5 Å². The summed E-state index contributed by atoms with van der Waals surface area (Å²) in [6, 6.07) is 13.4. The van der Waals surface area contributed by atoms with Crippen molar-refractivity contribution in [2.45, 2.75) is 44.1 Å². The third kappa shape index (κ3) is 5.80. The van der Waals surface area contributed by atoms with Crippen molar-refractivity contribution in [3.8, 4) is 0 Å². The quantitative estimate of drug-likeness (QED) is 0.658. The third-order valence-corrected chi connectivity index (χ3v) is 5.06. The van der Waals surface area contributed by atoms with Crippen molar-refractivity contribution in [1.29, 1.82) is 0 Å². The van der Waals surface area contributed by atoms with Gasteiger partial charge in [-0.1, -0.05) is 36.4 Å². The molecule has 3 rings (SSSR count). The average Bonchev–Trinajstić information content (AvgIpc) is 2.69. The van der Waals surface area contributed by atoms with Crippen LogP contribution in [0.4, 0.5) is 13.2 Å². The minimum atomic E-state index is -4.31. The van der Waals surface area contributed by atoms with Gasteiger partial charge in [0.15, 0.2) is 0 Å². The van der Waals surface area contributed by atoms with E-state index in [9.17, 15) is 18.3 Å². The van der Waals surface area contributed by atoms with E-state index in [1.165, 1.54) is 23.3 Å². The van der Waals surface area contributed by atoms with Crippen LogP contribution in [-0.2, 0) is 23.8 Å². The first-order chi connectivity index (χ1) is 13.4. The van der Waals surface area contributed by atoms with Gasteiger partial charge in [0.05, 0.1) is 24.4 Å². The maximum absolute atomic E-state index is 12.6. The lowest BCUT2D eigenvalue weighted by molar-refractivity contribution is -0.137. The predicted octanol–water partition coefficient (Wildman–Crippen LogP) is 4.29. The van der Waals surface area contributed by atoms with Gasteiger partial charge >= 0.3 is 6.18 Å². The SMILES string of the molecule is OC(CNCCc1ccc(C(F)(F)F)cc1)COC1CCCc2ccccc21. The second-order valence-electron chi connectivity index (χ2n) is 7.22. The van der Waals surface area contributed by atoms with E-state index in [0.29, 0.717) is 19.5 Å². The van der Waals surface area contributed by atoms with E-state index in [1.807, 2.05) is 12.1 Å². The van der Waals surface area contributed by atoms with Gasteiger partial charge in [0, 0.05) is 6.54 Å². The van der Waals surface area contributed by atoms with Crippen molar-refractivity contribution in [3.63, 3.8) is 0 Å². The summed E-state index contributed by atoms with van der Waals surface area (Å²) in [5.74, 6) is 0. The third-order valence-electron chi connectivity index (χ3n) is 5.06. The molecule has 3 nitrogen and oxygen atoms in total. The van der Waals surface area contributed by atoms with Gasteiger partial charge in [0.1, 0.15) is 0 Å². The molecule has 0 fully saturated rings. The van der Waals surface area contributed by atoms with Crippen LogP contribution < -0.4 is 5.32 Å². The molecule has 0 amide bonds. The molecule has 152 valence electrons. The van der Waals surface area contributed by atoms with Crippen LogP contribution in [0.2, 0.25) is 0 Å². The number of hydrogen-bond acceptors (Lipinski definition) is 3. The summed E-state index contributed by atoms with van der Waals surface area (Å²) in [5.41, 5.74) is 2.73. The molecule has 0 heterocycles. The minimum absolute atomic E-state index is 0.0340. The molecule has 2 unspecified atom stereocenters. The van der Waals surface area contributed by atoms with Gasteiger partial charge in [0.2, 0.25) is 0 Å². The lowest BCUT2D eigenvalue weighted by atomic mass is 9.89. The molecule has 1 aliphatic rings. The Hall–Kier alpha value is -1.89. The Morgan fingerprint density at radius 2 is 1.86 bits per heavy atom. The standard InChI is InChI=1S/C22H26F3NO2/c23-22(24,25)18-10-8-16(9-11-18)12-13-26-14-19(27)15-28-21-7-3-5-17-4-1-2-6-20(17)21/h1-2,4,6,8-11,19,21,26-27H,3,5,7,12-15H2. The van der Waals surface area contributed by atoms with E-state index in [4.69, 9.17) is 4.74 Å². The topological polar surface area (TPSA) is 41.5 Å². The fraction of sp³-hybridized carbons (Fsp3) is 0.455. The number of rotatable bonds is 8. The van der Waals surface area contributed by atoms with Crippen molar-refractivity contribution in [2.75, 3.05) is 19.7 Å². The normalized spacial score (nSPS) is 17.9. The van der Waals surface area contributed by atoms with Gasteiger partial charge in [-0.25, -0.2) is 0 Å². The highest BCUT2D eigenvalue weighted by atomic mass is 19.4. The Morgan fingerprint density at radius 1 is 1.11 bits per heavy atom. The first-order valence-corrected chi connectivity index (χ1v) is 9.68. The van der Waals surface area contributed by atoms with Gasteiger partial charge < -0.3 is 15.2 Å². The Bertz CT molecular complexity index is 746. The summed E-state index contributed by atoms with van der Waals surface area (Å²) in [5, 5.41) is 13.3. The Morgan fingerprint density at radius 3 is 2.61 bits per heavy atom. The lowest BCUT2D eigenvalue weighted by Crippen LogP contribution is -2.32. The van der Waals surface area contributed by atoms with E-state index < -0.39 is 17.8 Å². The van der Waals surface area contributed by atoms with Gasteiger partial charge in [-0.2, -0.15) is 13.2 Å². The molecule has 2 N–H and O–H groups in total. The molecule has 0 spiro atoms. The van der Waals surface area contributed by atoms with Crippen molar-refractivity contribution >= 4 is 0 Å². The first-order valence-electron chi connectivity index (χ1n) is 9.68. The van der Waals surface area contributed by atoms with Crippen LogP contribution in [0.1, 0.15) is 41.2 Å². The van der Waals surface area contributed by atoms with Gasteiger partial charge in [-0.15, -0.1) is 0 Å². The molecule has 0 aromatic heterocycles. The van der Waals surface area contributed by atoms with Crippen LogP contribution in [0.5, 0.6) is 0 Å². The van der Waals surface area contributed by atoms with E-state index >= 15 is 0 Å². The number of alkyl halides is 3. The lowest BCUT2D eigenvalue weighted by Gasteiger charge is -2.26. The van der Waals surface area contributed by atoms with Crippen LogP contribution in [0, 0.1) is 0 Å². The number of fused-ring (bicyclic) bond motifs is 1. The largest absolute Gasteiger partial charge is 0.416 e. The van der Waals surface area contributed by atoms with E-state index in [-0.39, 0.29) is 12.7 Å². The molecular weight excluding hydrogens is 367 g/mol. The molecule has 0 saturated carbocycles. The Balaban J connectivity index is 1.36. The van der Waals surface area contributed by atoms with Crippen molar-refractivity contribution in [2.24, 2.45) is 0 Å². The van der Waals surface area contributed by atoms with E-state index in [2.05, 4.69) is 17.4 Å². The van der Waals surface area contributed by atoms with Crippen LogP contribution in [0.25, 0.3) is 0 Å². The van der Waals surface area contributed by atoms with Crippen LogP contribution in [0.3, 0.4) is 0 Å². The zero-order valence-corrected chi connectivity index (χ0v) is 15.7. The summed E-state index contributed by atoms with van der Waals surface area (Å²) in [6.45, 7) is 1.22. The highest BCUT2D eigenvalue weighted by Crippen LogP contribution is 2.32. The summed E-state index contributed by atoms with van der Waals surface area (Å²) in [4.78, 5) is 0. The number of aliphatic hydroxyl groups excluding tert-OH is 1. The number of ether oxygens (including phenoxy) is 1. The number of hydrogen-bond donors (Lipinski definition) is 2. The molecule has 2 aromatic carbocycles. The molecular formula is C22H26F3NO2.